The highest BCUT2D eigenvalue weighted by Crippen LogP contribution is 2.31. The molecule has 1 atom stereocenters. The molecule has 1 aliphatic rings. The van der Waals surface area contributed by atoms with E-state index in [0.29, 0.717) is 0 Å². The predicted octanol–water partition coefficient (Wildman–Crippen LogP) is 1.37. The van der Waals surface area contributed by atoms with Gasteiger partial charge >= 0.3 is 6.18 Å². The van der Waals surface area contributed by atoms with E-state index in [0.717, 1.165) is 12.1 Å². The lowest BCUT2D eigenvalue weighted by Crippen LogP contribution is -2.36. The van der Waals surface area contributed by atoms with E-state index in [1.165, 1.54) is 13.1 Å². The maximum absolute atomic E-state index is 12.7. The minimum absolute atomic E-state index is 0.105. The Hall–Kier alpha value is -2.25. The lowest BCUT2D eigenvalue weighted by atomic mass is 10.1. The molecule has 114 valence electrons. The van der Waals surface area contributed by atoms with Gasteiger partial charge in [0.15, 0.2) is 0 Å². The van der Waals surface area contributed by atoms with Gasteiger partial charge in [-0.1, -0.05) is 0 Å². The second-order valence-electron chi connectivity index (χ2n) is 4.69. The fourth-order valence-electron chi connectivity index (χ4n) is 2.10. The Bertz CT molecular complexity index is 572. The third kappa shape index (κ3) is 3.45. The largest absolute Gasteiger partial charge is 0.416 e. The van der Waals surface area contributed by atoms with Crippen molar-refractivity contribution < 1.29 is 22.8 Å². The zero-order valence-corrected chi connectivity index (χ0v) is 11.2. The van der Waals surface area contributed by atoms with Crippen molar-refractivity contribution in [2.45, 2.75) is 18.6 Å². The van der Waals surface area contributed by atoms with Gasteiger partial charge in [-0.3, -0.25) is 9.59 Å². The summed E-state index contributed by atoms with van der Waals surface area (Å²) in [4.78, 5) is 23.2. The summed E-state index contributed by atoms with van der Waals surface area (Å²) in [6.45, 7) is 0.276. The molecule has 0 aromatic heterocycles. The first-order valence-corrected chi connectivity index (χ1v) is 6.28. The van der Waals surface area contributed by atoms with Crippen molar-refractivity contribution in [3.8, 4) is 0 Å². The van der Waals surface area contributed by atoms with Crippen LogP contribution in [0, 0.1) is 0 Å². The SMILES string of the molecule is CNc1ccc(C(F)(F)F)cc1C(=O)NC1CNC(=O)C1. The van der Waals surface area contributed by atoms with Crippen LogP contribution >= 0.6 is 0 Å². The molecule has 1 aliphatic heterocycles. The number of carbonyl (C=O) groups excluding carboxylic acids is 2. The van der Waals surface area contributed by atoms with Crippen LogP contribution in [0.25, 0.3) is 0 Å². The molecule has 1 saturated heterocycles. The number of hydrogen-bond donors (Lipinski definition) is 3. The van der Waals surface area contributed by atoms with E-state index < -0.39 is 23.7 Å². The van der Waals surface area contributed by atoms with Crippen LogP contribution in [-0.4, -0.2) is 31.4 Å². The maximum atomic E-state index is 12.7. The van der Waals surface area contributed by atoms with E-state index in [1.807, 2.05) is 0 Å². The molecule has 21 heavy (non-hydrogen) atoms. The van der Waals surface area contributed by atoms with Crippen LogP contribution in [0.3, 0.4) is 0 Å². The lowest BCUT2D eigenvalue weighted by Gasteiger charge is -2.15. The van der Waals surface area contributed by atoms with Gasteiger partial charge in [0.2, 0.25) is 5.91 Å². The first-order chi connectivity index (χ1) is 9.81. The molecule has 0 radical (unpaired) electrons. The van der Waals surface area contributed by atoms with Crippen LogP contribution in [0.5, 0.6) is 0 Å². The third-order valence-corrected chi connectivity index (χ3v) is 3.17. The van der Waals surface area contributed by atoms with Gasteiger partial charge in [-0.25, -0.2) is 0 Å². The molecule has 1 aromatic carbocycles. The van der Waals surface area contributed by atoms with Crippen molar-refractivity contribution in [3.05, 3.63) is 29.3 Å². The third-order valence-electron chi connectivity index (χ3n) is 3.17. The summed E-state index contributed by atoms with van der Waals surface area (Å²) in [7, 11) is 1.51. The highest BCUT2D eigenvalue weighted by Gasteiger charge is 2.32. The quantitative estimate of drug-likeness (QED) is 0.789. The van der Waals surface area contributed by atoms with Crippen molar-refractivity contribution in [2.24, 2.45) is 0 Å². The van der Waals surface area contributed by atoms with E-state index in [4.69, 9.17) is 0 Å². The van der Waals surface area contributed by atoms with E-state index in [9.17, 15) is 22.8 Å². The summed E-state index contributed by atoms with van der Waals surface area (Å²) in [5, 5.41) is 7.77. The fourth-order valence-corrected chi connectivity index (χ4v) is 2.10. The Morgan fingerprint density at radius 1 is 1.38 bits per heavy atom. The molecule has 2 amide bonds. The van der Waals surface area contributed by atoms with E-state index in [1.54, 1.807) is 0 Å². The number of alkyl halides is 3. The van der Waals surface area contributed by atoms with Gasteiger partial charge in [0, 0.05) is 25.7 Å². The van der Waals surface area contributed by atoms with Gasteiger partial charge in [0.25, 0.3) is 5.91 Å². The van der Waals surface area contributed by atoms with Gasteiger partial charge in [0.05, 0.1) is 17.2 Å². The van der Waals surface area contributed by atoms with Crippen LogP contribution in [-0.2, 0) is 11.0 Å². The molecule has 0 aliphatic carbocycles. The summed E-state index contributed by atoms with van der Waals surface area (Å²) in [6, 6.07) is 2.49. The summed E-state index contributed by atoms with van der Waals surface area (Å²) < 4.78 is 38.1. The molecule has 0 spiro atoms. The van der Waals surface area contributed by atoms with Crippen LogP contribution in [0.15, 0.2) is 18.2 Å². The highest BCUT2D eigenvalue weighted by molar-refractivity contribution is 6.00. The summed E-state index contributed by atoms with van der Waals surface area (Å²) in [6.07, 6.45) is -4.40. The minimum atomic E-state index is -4.52. The zero-order chi connectivity index (χ0) is 15.6. The van der Waals surface area contributed by atoms with Crippen LogP contribution < -0.4 is 16.0 Å². The average molecular weight is 301 g/mol. The van der Waals surface area contributed by atoms with E-state index >= 15 is 0 Å². The van der Waals surface area contributed by atoms with Crippen molar-refractivity contribution in [1.29, 1.82) is 0 Å². The van der Waals surface area contributed by atoms with E-state index in [-0.39, 0.29) is 30.1 Å². The summed E-state index contributed by atoms with van der Waals surface area (Å²) in [5.74, 6) is -0.842. The molecular weight excluding hydrogens is 287 g/mol. The Morgan fingerprint density at radius 3 is 2.62 bits per heavy atom. The molecular formula is C13H14F3N3O2. The molecule has 8 heteroatoms. The monoisotopic (exact) mass is 301 g/mol. The van der Waals surface area contributed by atoms with Crippen LogP contribution in [0.4, 0.5) is 18.9 Å². The number of nitrogens with one attached hydrogen (secondary N) is 3. The Balaban J connectivity index is 2.23. The average Bonchev–Trinajstić information content (AvgIpc) is 2.82. The van der Waals surface area contributed by atoms with Gasteiger partial charge in [-0.05, 0) is 18.2 Å². The van der Waals surface area contributed by atoms with Crippen molar-refractivity contribution in [2.75, 3.05) is 18.9 Å². The molecule has 5 nitrogen and oxygen atoms in total. The van der Waals surface area contributed by atoms with Crippen LogP contribution in [0.1, 0.15) is 22.3 Å². The number of amides is 2. The van der Waals surface area contributed by atoms with Crippen molar-refractivity contribution >= 4 is 17.5 Å². The number of halogens is 3. The highest BCUT2D eigenvalue weighted by atomic mass is 19.4. The maximum Gasteiger partial charge on any atom is 0.416 e. The molecule has 0 bridgehead atoms. The molecule has 3 N–H and O–H groups in total. The molecule has 1 fully saturated rings. The second-order valence-corrected chi connectivity index (χ2v) is 4.69. The van der Waals surface area contributed by atoms with Gasteiger partial charge in [0.1, 0.15) is 0 Å². The Morgan fingerprint density at radius 2 is 2.10 bits per heavy atom. The number of carbonyl (C=O) groups is 2. The summed E-state index contributed by atoms with van der Waals surface area (Å²) >= 11 is 0. The Kier molecular flexibility index (Phi) is 4.06. The zero-order valence-electron chi connectivity index (χ0n) is 11.2. The van der Waals surface area contributed by atoms with Gasteiger partial charge < -0.3 is 16.0 Å². The molecule has 0 saturated carbocycles. The molecule has 1 aromatic rings. The lowest BCUT2D eigenvalue weighted by molar-refractivity contribution is -0.137. The van der Waals surface area contributed by atoms with E-state index in [2.05, 4.69) is 16.0 Å². The van der Waals surface area contributed by atoms with Crippen LogP contribution in [0.2, 0.25) is 0 Å². The molecule has 1 heterocycles. The predicted molar refractivity (Wildman–Crippen MR) is 69.9 cm³/mol. The first kappa shape index (κ1) is 15.1. The van der Waals surface area contributed by atoms with Gasteiger partial charge in [-0.2, -0.15) is 13.2 Å². The molecule has 1 unspecified atom stereocenters. The molecule has 2 rings (SSSR count). The Labute approximate surface area is 118 Å². The summed E-state index contributed by atoms with van der Waals surface area (Å²) in [5.41, 5.74) is -0.711. The minimum Gasteiger partial charge on any atom is -0.387 e. The number of anilines is 1. The standard InChI is InChI=1S/C13H14F3N3O2/c1-17-10-3-2-7(13(14,15)16)4-9(10)12(21)19-8-5-11(20)18-6-8/h2-4,8,17H,5-6H2,1H3,(H,18,20)(H,19,21). The topological polar surface area (TPSA) is 70.2 Å². The van der Waals surface area contributed by atoms with Gasteiger partial charge in [-0.15, -0.1) is 0 Å². The normalized spacial score (nSPS) is 18.3. The van der Waals surface area contributed by atoms with Crippen molar-refractivity contribution in [1.82, 2.24) is 10.6 Å². The number of benzene rings is 1. The number of hydrogen-bond acceptors (Lipinski definition) is 3. The second kappa shape index (κ2) is 5.63. The first-order valence-electron chi connectivity index (χ1n) is 6.28. The number of rotatable bonds is 3. The smallest absolute Gasteiger partial charge is 0.387 e. The fraction of sp³-hybridized carbons (Fsp3) is 0.385. The van der Waals surface area contributed by atoms with Crippen molar-refractivity contribution in [3.63, 3.8) is 0 Å².